The number of fused-ring (bicyclic) bond motifs is 1. The third-order valence-electron chi connectivity index (χ3n) is 3.06. The first kappa shape index (κ1) is 13.3. The van der Waals surface area contributed by atoms with Crippen molar-refractivity contribution in [1.29, 1.82) is 0 Å². The number of pyridine rings is 1. The standard InChI is InChI=1S/C15H16ClNS/c1-9-4-7-14-13(8-9)15(18)12(11(3)17-14)6-5-10(2)16/h4-5,7-8H,6H2,1-3H3,(H,17,18)/b10-5-. The van der Waals surface area contributed by atoms with Crippen LogP contribution in [0.5, 0.6) is 0 Å². The van der Waals surface area contributed by atoms with Gasteiger partial charge in [-0.2, -0.15) is 0 Å². The first-order valence-corrected chi connectivity index (χ1v) is 6.72. The van der Waals surface area contributed by atoms with Crippen LogP contribution in [0.2, 0.25) is 0 Å². The van der Waals surface area contributed by atoms with E-state index >= 15 is 0 Å². The summed E-state index contributed by atoms with van der Waals surface area (Å²) in [5.41, 5.74) is 4.59. The minimum absolute atomic E-state index is 0.778. The number of H-pyrrole nitrogens is 1. The predicted molar refractivity (Wildman–Crippen MR) is 81.9 cm³/mol. The molecule has 0 spiro atoms. The fourth-order valence-corrected chi connectivity index (χ4v) is 2.54. The van der Waals surface area contributed by atoms with Gasteiger partial charge in [0.1, 0.15) is 0 Å². The SMILES string of the molecule is C/C(Cl)=C/Cc1c(C)[nH]c2ccc(C)cc2c1=S. The molecule has 0 saturated heterocycles. The van der Waals surface area contributed by atoms with Crippen LogP contribution in [-0.2, 0) is 6.42 Å². The van der Waals surface area contributed by atoms with Crippen LogP contribution in [0.4, 0.5) is 0 Å². The first-order valence-electron chi connectivity index (χ1n) is 5.93. The lowest BCUT2D eigenvalue weighted by Gasteiger charge is -2.09. The van der Waals surface area contributed by atoms with Crippen molar-refractivity contribution in [2.24, 2.45) is 0 Å². The highest BCUT2D eigenvalue weighted by molar-refractivity contribution is 7.71. The normalized spacial score (nSPS) is 12.1. The zero-order valence-electron chi connectivity index (χ0n) is 10.8. The maximum Gasteiger partial charge on any atom is 0.0522 e. The molecule has 0 radical (unpaired) electrons. The van der Waals surface area contributed by atoms with Gasteiger partial charge in [0.05, 0.1) is 4.51 Å². The number of rotatable bonds is 2. The number of aromatic amines is 1. The lowest BCUT2D eigenvalue weighted by atomic mass is 10.0. The highest BCUT2D eigenvalue weighted by Gasteiger charge is 2.05. The Morgan fingerprint density at radius 2 is 2.11 bits per heavy atom. The number of aromatic nitrogens is 1. The average molecular weight is 278 g/mol. The van der Waals surface area contributed by atoms with E-state index in [4.69, 9.17) is 23.8 Å². The summed E-state index contributed by atoms with van der Waals surface area (Å²) < 4.78 is 0.930. The smallest absolute Gasteiger partial charge is 0.0522 e. The van der Waals surface area contributed by atoms with Crippen molar-refractivity contribution < 1.29 is 0 Å². The van der Waals surface area contributed by atoms with Crippen LogP contribution < -0.4 is 0 Å². The predicted octanol–water partition coefficient (Wildman–Crippen LogP) is 5.20. The van der Waals surface area contributed by atoms with E-state index in [1.165, 1.54) is 5.56 Å². The number of hydrogen-bond donors (Lipinski definition) is 1. The van der Waals surface area contributed by atoms with E-state index in [0.717, 1.165) is 38.1 Å². The zero-order chi connectivity index (χ0) is 13.3. The third kappa shape index (κ3) is 2.65. The quantitative estimate of drug-likeness (QED) is 0.746. The summed E-state index contributed by atoms with van der Waals surface area (Å²) in [7, 11) is 0. The van der Waals surface area contributed by atoms with Gasteiger partial charge < -0.3 is 4.98 Å². The lowest BCUT2D eigenvalue weighted by Crippen LogP contribution is -1.95. The molecular weight excluding hydrogens is 262 g/mol. The molecule has 18 heavy (non-hydrogen) atoms. The van der Waals surface area contributed by atoms with Crippen molar-refractivity contribution >= 4 is 34.7 Å². The molecule has 1 heterocycles. The van der Waals surface area contributed by atoms with Crippen LogP contribution in [0.25, 0.3) is 10.9 Å². The van der Waals surface area contributed by atoms with E-state index in [1.54, 1.807) is 0 Å². The van der Waals surface area contributed by atoms with Crippen molar-refractivity contribution in [2.75, 3.05) is 0 Å². The fourth-order valence-electron chi connectivity index (χ4n) is 2.05. The van der Waals surface area contributed by atoms with E-state index in [-0.39, 0.29) is 0 Å². The molecule has 0 atom stereocenters. The van der Waals surface area contributed by atoms with Gasteiger partial charge in [0, 0.05) is 21.6 Å². The Balaban J connectivity index is 2.67. The van der Waals surface area contributed by atoms with Crippen LogP contribution in [0.3, 0.4) is 0 Å². The molecule has 0 amide bonds. The van der Waals surface area contributed by atoms with Gasteiger partial charge in [0.15, 0.2) is 0 Å². The second kappa shape index (κ2) is 5.25. The highest BCUT2D eigenvalue weighted by Crippen LogP contribution is 2.21. The van der Waals surface area contributed by atoms with E-state index in [1.807, 2.05) is 13.0 Å². The topological polar surface area (TPSA) is 15.8 Å². The molecular formula is C15H16ClNS. The van der Waals surface area contributed by atoms with Gasteiger partial charge in [-0.05, 0) is 44.9 Å². The molecule has 0 unspecified atom stereocenters. The Kier molecular flexibility index (Phi) is 3.88. The monoisotopic (exact) mass is 277 g/mol. The van der Waals surface area contributed by atoms with Crippen LogP contribution in [0, 0.1) is 18.4 Å². The Morgan fingerprint density at radius 3 is 2.78 bits per heavy atom. The number of halogens is 1. The molecule has 2 aromatic rings. The Labute approximate surface area is 117 Å². The Bertz CT molecular complexity index is 679. The molecule has 2 rings (SSSR count). The molecule has 0 aliphatic heterocycles. The van der Waals surface area contributed by atoms with Gasteiger partial charge in [-0.15, -0.1) is 0 Å². The van der Waals surface area contributed by atoms with Gasteiger partial charge in [-0.3, -0.25) is 0 Å². The van der Waals surface area contributed by atoms with E-state index in [0.29, 0.717) is 0 Å². The minimum Gasteiger partial charge on any atom is -0.358 e. The van der Waals surface area contributed by atoms with Crippen LogP contribution in [-0.4, -0.2) is 4.98 Å². The molecule has 0 bridgehead atoms. The van der Waals surface area contributed by atoms with Crippen molar-refractivity contribution in [2.45, 2.75) is 27.2 Å². The summed E-state index contributed by atoms with van der Waals surface area (Å²) >= 11 is 11.5. The van der Waals surface area contributed by atoms with E-state index in [2.05, 4.69) is 37.0 Å². The summed E-state index contributed by atoms with van der Waals surface area (Å²) in [6.45, 7) is 6.02. The van der Waals surface area contributed by atoms with Crippen molar-refractivity contribution in [3.05, 3.63) is 50.6 Å². The summed E-state index contributed by atoms with van der Waals surface area (Å²) in [6, 6.07) is 6.31. The first-order chi connectivity index (χ1) is 8.49. The molecule has 0 fully saturated rings. The van der Waals surface area contributed by atoms with E-state index < -0.39 is 0 Å². The third-order valence-corrected chi connectivity index (χ3v) is 3.68. The number of benzene rings is 1. The Morgan fingerprint density at radius 1 is 1.39 bits per heavy atom. The summed E-state index contributed by atoms with van der Waals surface area (Å²) in [4.78, 5) is 3.41. The maximum absolute atomic E-state index is 5.89. The van der Waals surface area contributed by atoms with Crippen molar-refractivity contribution in [3.8, 4) is 0 Å². The number of aryl methyl sites for hydroxylation is 2. The summed E-state index contributed by atoms with van der Waals surface area (Å²) in [6.07, 6.45) is 2.77. The second-order valence-electron chi connectivity index (χ2n) is 4.60. The Hall–Kier alpha value is -1.12. The van der Waals surface area contributed by atoms with Gasteiger partial charge in [-0.25, -0.2) is 0 Å². The molecule has 0 saturated carbocycles. The molecule has 1 nitrogen and oxygen atoms in total. The van der Waals surface area contributed by atoms with Gasteiger partial charge in [-0.1, -0.05) is 41.5 Å². The van der Waals surface area contributed by atoms with Crippen molar-refractivity contribution in [1.82, 2.24) is 4.98 Å². The largest absolute Gasteiger partial charge is 0.358 e. The fraction of sp³-hybridized carbons (Fsp3) is 0.267. The van der Waals surface area contributed by atoms with Gasteiger partial charge in [0.25, 0.3) is 0 Å². The lowest BCUT2D eigenvalue weighted by molar-refractivity contribution is 1.12. The number of allylic oxidation sites excluding steroid dienone is 2. The molecule has 3 heteroatoms. The van der Waals surface area contributed by atoms with E-state index in [9.17, 15) is 0 Å². The van der Waals surface area contributed by atoms with Crippen LogP contribution >= 0.6 is 23.8 Å². The summed E-state index contributed by atoms with van der Waals surface area (Å²) in [5.74, 6) is 0. The van der Waals surface area contributed by atoms with Gasteiger partial charge in [0.2, 0.25) is 0 Å². The number of hydrogen-bond acceptors (Lipinski definition) is 1. The molecule has 0 aliphatic rings. The van der Waals surface area contributed by atoms with Crippen molar-refractivity contribution in [3.63, 3.8) is 0 Å². The number of nitrogens with one attached hydrogen (secondary N) is 1. The molecule has 94 valence electrons. The summed E-state index contributed by atoms with van der Waals surface area (Å²) in [5, 5.41) is 1.92. The zero-order valence-corrected chi connectivity index (χ0v) is 12.4. The van der Waals surface area contributed by atoms with Gasteiger partial charge >= 0.3 is 0 Å². The van der Waals surface area contributed by atoms with Crippen LogP contribution in [0.1, 0.15) is 23.7 Å². The molecule has 1 N–H and O–H groups in total. The molecule has 1 aromatic heterocycles. The molecule has 0 aliphatic carbocycles. The average Bonchev–Trinajstić information content (AvgIpc) is 2.30. The maximum atomic E-state index is 5.89. The minimum atomic E-state index is 0.778. The molecule has 1 aromatic carbocycles. The highest BCUT2D eigenvalue weighted by atomic mass is 35.5. The second-order valence-corrected chi connectivity index (χ2v) is 5.61. The van der Waals surface area contributed by atoms with Crippen LogP contribution in [0.15, 0.2) is 29.3 Å².